The van der Waals surface area contributed by atoms with Gasteiger partial charge in [-0.05, 0) is 60.2 Å². The number of nitrogens with one attached hydrogen (secondary N) is 2. The van der Waals surface area contributed by atoms with Crippen LogP contribution in [0.25, 0.3) is 0 Å². The number of amides is 1. The highest BCUT2D eigenvalue weighted by Gasteiger charge is 2.16. The minimum atomic E-state index is -3.92. The summed E-state index contributed by atoms with van der Waals surface area (Å²) in [6, 6.07) is 17.6. The maximum Gasteiger partial charge on any atom is 0.261 e. The lowest BCUT2D eigenvalue weighted by molar-refractivity contribution is 0.0950. The molecule has 0 aliphatic carbocycles. The number of hydrogen-bond donors (Lipinski definition) is 2. The molecule has 0 aliphatic heterocycles. The molecule has 28 heavy (non-hydrogen) atoms. The molecule has 0 spiro atoms. The Bertz CT molecular complexity index is 1090. The van der Waals surface area contributed by atoms with Crippen molar-refractivity contribution in [3.63, 3.8) is 0 Å². The SMILES string of the molecule is O=C(NCc1ccc(Cl)cc1)c1cccc(S(=O)(=O)Nc2ccc(F)cc2)c1. The Hall–Kier alpha value is -2.90. The molecule has 0 bridgehead atoms. The summed E-state index contributed by atoms with van der Waals surface area (Å²) >= 11 is 5.83. The van der Waals surface area contributed by atoms with Gasteiger partial charge < -0.3 is 5.32 Å². The van der Waals surface area contributed by atoms with Gasteiger partial charge >= 0.3 is 0 Å². The Morgan fingerprint density at radius 3 is 2.32 bits per heavy atom. The van der Waals surface area contributed by atoms with Crippen LogP contribution >= 0.6 is 11.6 Å². The fourth-order valence-electron chi connectivity index (χ4n) is 2.42. The highest BCUT2D eigenvalue weighted by Crippen LogP contribution is 2.18. The summed E-state index contributed by atoms with van der Waals surface area (Å²) in [6.07, 6.45) is 0. The number of rotatable bonds is 6. The zero-order valence-electron chi connectivity index (χ0n) is 14.5. The van der Waals surface area contributed by atoms with Crippen molar-refractivity contribution in [2.45, 2.75) is 11.4 Å². The second-order valence-electron chi connectivity index (χ2n) is 5.95. The van der Waals surface area contributed by atoms with E-state index in [4.69, 9.17) is 11.6 Å². The highest BCUT2D eigenvalue weighted by atomic mass is 35.5. The summed E-state index contributed by atoms with van der Waals surface area (Å²) in [7, 11) is -3.92. The number of hydrogen-bond acceptors (Lipinski definition) is 3. The Kier molecular flexibility index (Phi) is 5.96. The van der Waals surface area contributed by atoms with Gasteiger partial charge in [-0.25, -0.2) is 12.8 Å². The lowest BCUT2D eigenvalue weighted by atomic mass is 10.2. The first kappa shape index (κ1) is 19.9. The molecular weight excluding hydrogens is 403 g/mol. The normalized spacial score (nSPS) is 11.1. The predicted molar refractivity (Wildman–Crippen MR) is 106 cm³/mol. The van der Waals surface area contributed by atoms with Gasteiger partial charge in [0.2, 0.25) is 0 Å². The van der Waals surface area contributed by atoms with E-state index in [9.17, 15) is 17.6 Å². The fraction of sp³-hybridized carbons (Fsp3) is 0.0500. The molecule has 0 heterocycles. The van der Waals surface area contributed by atoms with Crippen molar-refractivity contribution in [2.24, 2.45) is 0 Å². The molecule has 0 atom stereocenters. The van der Waals surface area contributed by atoms with Crippen LogP contribution in [0.3, 0.4) is 0 Å². The van der Waals surface area contributed by atoms with Crippen molar-refractivity contribution in [1.82, 2.24) is 5.32 Å². The molecule has 144 valence electrons. The Morgan fingerprint density at radius 1 is 0.964 bits per heavy atom. The van der Waals surface area contributed by atoms with Crippen LogP contribution in [0, 0.1) is 5.82 Å². The van der Waals surface area contributed by atoms with Gasteiger partial charge in [0, 0.05) is 22.8 Å². The van der Waals surface area contributed by atoms with E-state index in [0.717, 1.165) is 17.7 Å². The molecule has 1 amide bonds. The molecule has 0 saturated heterocycles. The standard InChI is InChI=1S/C20H16ClFN2O3S/c21-16-6-4-14(5-7-16)13-23-20(25)15-2-1-3-19(12-15)28(26,27)24-18-10-8-17(22)9-11-18/h1-12,24H,13H2,(H,23,25). The van der Waals surface area contributed by atoms with E-state index in [2.05, 4.69) is 10.0 Å². The van der Waals surface area contributed by atoms with Crippen molar-refractivity contribution in [3.05, 3.63) is 94.8 Å². The Labute approximate surface area is 167 Å². The van der Waals surface area contributed by atoms with Gasteiger partial charge in [-0.3, -0.25) is 9.52 Å². The van der Waals surface area contributed by atoms with Gasteiger partial charge in [0.1, 0.15) is 5.82 Å². The van der Waals surface area contributed by atoms with Crippen LogP contribution in [-0.2, 0) is 16.6 Å². The third kappa shape index (κ3) is 5.09. The van der Waals surface area contributed by atoms with Gasteiger partial charge in [-0.1, -0.05) is 29.8 Å². The number of anilines is 1. The summed E-state index contributed by atoms with van der Waals surface area (Å²) in [5, 5.41) is 3.33. The van der Waals surface area contributed by atoms with Crippen LogP contribution < -0.4 is 10.0 Å². The highest BCUT2D eigenvalue weighted by molar-refractivity contribution is 7.92. The number of benzene rings is 3. The first-order valence-corrected chi connectivity index (χ1v) is 10.1. The van der Waals surface area contributed by atoms with Gasteiger partial charge in [0.05, 0.1) is 4.90 Å². The third-order valence-corrected chi connectivity index (χ3v) is 5.50. The Morgan fingerprint density at radius 2 is 1.64 bits per heavy atom. The molecular formula is C20H16ClFN2O3S. The zero-order chi connectivity index (χ0) is 20.1. The smallest absolute Gasteiger partial charge is 0.261 e. The van der Waals surface area contributed by atoms with Crippen molar-refractivity contribution in [2.75, 3.05) is 4.72 Å². The van der Waals surface area contributed by atoms with E-state index in [-0.39, 0.29) is 22.7 Å². The van der Waals surface area contributed by atoms with E-state index >= 15 is 0 Å². The average molecular weight is 419 g/mol. The number of halogens is 2. The summed E-state index contributed by atoms with van der Waals surface area (Å²) in [5.41, 5.74) is 1.29. The third-order valence-electron chi connectivity index (χ3n) is 3.87. The first-order valence-electron chi connectivity index (χ1n) is 8.24. The van der Waals surface area contributed by atoms with Crippen molar-refractivity contribution in [3.8, 4) is 0 Å². The van der Waals surface area contributed by atoms with E-state index in [1.807, 2.05) is 0 Å². The van der Waals surface area contributed by atoms with Crippen LogP contribution in [0.1, 0.15) is 15.9 Å². The number of sulfonamides is 1. The second kappa shape index (κ2) is 8.41. The first-order chi connectivity index (χ1) is 13.3. The summed E-state index contributed by atoms with van der Waals surface area (Å²) in [6.45, 7) is 0.279. The average Bonchev–Trinajstić information content (AvgIpc) is 2.69. The lowest BCUT2D eigenvalue weighted by Crippen LogP contribution is -2.23. The molecule has 3 aromatic rings. The lowest BCUT2D eigenvalue weighted by Gasteiger charge is -2.10. The van der Waals surface area contributed by atoms with E-state index < -0.39 is 21.7 Å². The molecule has 2 N–H and O–H groups in total. The monoisotopic (exact) mass is 418 g/mol. The van der Waals surface area contributed by atoms with Crippen molar-refractivity contribution < 1.29 is 17.6 Å². The van der Waals surface area contributed by atoms with Gasteiger partial charge in [0.25, 0.3) is 15.9 Å². The largest absolute Gasteiger partial charge is 0.348 e. The van der Waals surface area contributed by atoms with Crippen LogP contribution in [-0.4, -0.2) is 14.3 Å². The predicted octanol–water partition coefficient (Wildman–Crippen LogP) is 4.21. The van der Waals surface area contributed by atoms with Gasteiger partial charge in [0.15, 0.2) is 0 Å². The van der Waals surface area contributed by atoms with Crippen molar-refractivity contribution in [1.29, 1.82) is 0 Å². The molecule has 8 heteroatoms. The summed E-state index contributed by atoms with van der Waals surface area (Å²) in [4.78, 5) is 12.3. The number of carbonyl (C=O) groups excluding carboxylic acids is 1. The van der Waals surface area contributed by atoms with Crippen LogP contribution in [0.2, 0.25) is 5.02 Å². The summed E-state index contributed by atoms with van der Waals surface area (Å²) in [5.74, 6) is -0.879. The second-order valence-corrected chi connectivity index (χ2v) is 8.07. The zero-order valence-corrected chi connectivity index (χ0v) is 16.1. The van der Waals surface area contributed by atoms with Crippen LogP contribution in [0.4, 0.5) is 10.1 Å². The molecule has 0 unspecified atom stereocenters. The number of carbonyl (C=O) groups is 1. The van der Waals surface area contributed by atoms with Gasteiger partial charge in [-0.15, -0.1) is 0 Å². The molecule has 5 nitrogen and oxygen atoms in total. The molecule has 0 fully saturated rings. The summed E-state index contributed by atoms with van der Waals surface area (Å²) < 4.78 is 40.4. The topological polar surface area (TPSA) is 75.3 Å². The molecule has 0 aliphatic rings. The molecule has 3 rings (SSSR count). The molecule has 3 aromatic carbocycles. The van der Waals surface area contributed by atoms with Crippen LogP contribution in [0.15, 0.2) is 77.7 Å². The van der Waals surface area contributed by atoms with E-state index in [1.165, 1.54) is 36.4 Å². The molecule has 0 aromatic heterocycles. The Balaban J connectivity index is 1.72. The van der Waals surface area contributed by atoms with E-state index in [1.54, 1.807) is 24.3 Å². The maximum atomic E-state index is 13.0. The minimum Gasteiger partial charge on any atom is -0.348 e. The van der Waals surface area contributed by atoms with E-state index in [0.29, 0.717) is 5.02 Å². The van der Waals surface area contributed by atoms with Crippen LogP contribution in [0.5, 0.6) is 0 Å². The fourth-order valence-corrected chi connectivity index (χ4v) is 3.65. The molecule has 0 radical (unpaired) electrons. The van der Waals surface area contributed by atoms with Crippen molar-refractivity contribution >= 4 is 33.2 Å². The minimum absolute atomic E-state index is 0.0732. The van der Waals surface area contributed by atoms with Gasteiger partial charge in [-0.2, -0.15) is 0 Å². The quantitative estimate of drug-likeness (QED) is 0.629. The maximum absolute atomic E-state index is 13.0. The molecule has 0 saturated carbocycles.